The minimum absolute atomic E-state index is 0.0792. The third-order valence-corrected chi connectivity index (χ3v) is 10.7. The highest BCUT2D eigenvalue weighted by Gasteiger charge is 2.29. The fourth-order valence-electron chi connectivity index (χ4n) is 6.78. The third-order valence-electron chi connectivity index (χ3n) is 10.7. The Bertz CT molecular complexity index is 1690. The van der Waals surface area contributed by atoms with E-state index in [0.29, 0.717) is 6.42 Å². The Balaban J connectivity index is 4.76. The zero-order valence-corrected chi connectivity index (χ0v) is 39.9. The molecule has 24 heteroatoms. The van der Waals surface area contributed by atoms with E-state index in [1.165, 1.54) is 19.8 Å². The molecule has 0 aromatic carbocycles. The van der Waals surface area contributed by atoms with Crippen LogP contribution in [0.1, 0.15) is 162 Å². The summed E-state index contributed by atoms with van der Waals surface area (Å²) in [5.41, 5.74) is 0. The number of hydrogen-bond acceptors (Lipinski definition) is 13. The van der Waals surface area contributed by atoms with Crippen LogP contribution >= 0.6 is 0 Å². The van der Waals surface area contributed by atoms with Crippen molar-refractivity contribution in [2.75, 3.05) is 19.7 Å². The summed E-state index contributed by atoms with van der Waals surface area (Å²) in [6.45, 7) is 0.706. The number of carbonyl (C=O) groups excluding carboxylic acids is 8. The van der Waals surface area contributed by atoms with E-state index in [-0.39, 0.29) is 38.0 Å². The molecule has 0 rings (SSSR count). The lowest BCUT2D eigenvalue weighted by Crippen LogP contribution is -2.55. The Morgan fingerprint density at radius 2 is 0.739 bits per heavy atom. The Morgan fingerprint density at radius 1 is 0.377 bits per heavy atom. The number of rotatable bonds is 42. The van der Waals surface area contributed by atoms with Gasteiger partial charge in [-0.25, -0.2) is 9.59 Å². The average molecular weight is 986 g/mol. The molecule has 392 valence electrons. The SMILES string of the molecule is CCC(NC(=O)[C@H](CCC(=O)O)NC(=O)CNC(=O)[C@H](CO)NC(=O)CC[C@H](NC(=O)CCC(NC(=O)CCCCCCCCCCCCCCCCC(=O)O)C(=O)O)C(=O)O)C(=O)NCC(C)=O. The monoisotopic (exact) mass is 986 g/mol. The van der Waals surface area contributed by atoms with Crippen molar-refractivity contribution in [2.45, 2.75) is 192 Å². The molecule has 0 radical (unpaired) electrons. The quantitative estimate of drug-likeness (QED) is 0.0372. The smallest absolute Gasteiger partial charge is 0.326 e. The van der Waals surface area contributed by atoms with Crippen LogP contribution in [0.2, 0.25) is 0 Å². The van der Waals surface area contributed by atoms with Gasteiger partial charge in [-0.1, -0.05) is 84.0 Å². The first-order valence-corrected chi connectivity index (χ1v) is 23.7. The molecule has 0 spiro atoms. The topological polar surface area (TPSA) is 390 Å². The lowest BCUT2D eigenvalue weighted by atomic mass is 10.0. The van der Waals surface area contributed by atoms with Crippen LogP contribution < -0.4 is 37.2 Å². The van der Waals surface area contributed by atoms with Gasteiger partial charge in [-0.3, -0.25) is 47.9 Å². The van der Waals surface area contributed by atoms with Gasteiger partial charge in [-0.2, -0.15) is 0 Å². The molecular formula is C45H75N7O17. The summed E-state index contributed by atoms with van der Waals surface area (Å²) in [5.74, 6) is -11.3. The number of hydrogen-bond donors (Lipinski definition) is 12. The van der Waals surface area contributed by atoms with E-state index >= 15 is 0 Å². The van der Waals surface area contributed by atoms with Crippen LogP contribution in [-0.2, 0) is 57.5 Å². The summed E-state index contributed by atoms with van der Waals surface area (Å²) in [6.07, 6.45) is 11.5. The highest BCUT2D eigenvalue weighted by molar-refractivity contribution is 5.95. The van der Waals surface area contributed by atoms with E-state index in [1.807, 2.05) is 0 Å². The van der Waals surface area contributed by atoms with Crippen LogP contribution in [0.25, 0.3) is 0 Å². The Morgan fingerprint density at radius 3 is 1.14 bits per heavy atom. The molecule has 0 aliphatic carbocycles. The summed E-state index contributed by atoms with van der Waals surface area (Å²) in [4.78, 5) is 145. The van der Waals surface area contributed by atoms with Gasteiger partial charge in [0.2, 0.25) is 41.4 Å². The number of unbranched alkanes of at least 4 members (excludes halogenated alkanes) is 13. The number of carbonyl (C=O) groups is 12. The number of nitrogens with one attached hydrogen (secondary N) is 7. The van der Waals surface area contributed by atoms with Gasteiger partial charge in [0.25, 0.3) is 0 Å². The molecule has 0 saturated heterocycles. The summed E-state index contributed by atoms with van der Waals surface area (Å²) in [7, 11) is 0. The normalized spacial score (nSPS) is 13.0. The van der Waals surface area contributed by atoms with E-state index in [9.17, 15) is 72.9 Å². The summed E-state index contributed by atoms with van der Waals surface area (Å²) < 4.78 is 0. The number of ketones is 1. The molecule has 0 fully saturated rings. The van der Waals surface area contributed by atoms with Crippen molar-refractivity contribution in [3.05, 3.63) is 0 Å². The van der Waals surface area contributed by atoms with Crippen molar-refractivity contribution in [2.24, 2.45) is 0 Å². The highest BCUT2D eigenvalue weighted by Crippen LogP contribution is 2.14. The predicted octanol–water partition coefficient (Wildman–Crippen LogP) is 0.555. The van der Waals surface area contributed by atoms with Crippen molar-refractivity contribution in [3.63, 3.8) is 0 Å². The van der Waals surface area contributed by atoms with Gasteiger partial charge in [0, 0.05) is 32.1 Å². The summed E-state index contributed by atoms with van der Waals surface area (Å²) in [6, 6.07) is -7.29. The lowest BCUT2D eigenvalue weighted by molar-refractivity contribution is -0.143. The van der Waals surface area contributed by atoms with Crippen molar-refractivity contribution >= 4 is 71.0 Å². The first-order chi connectivity index (χ1) is 32.7. The van der Waals surface area contributed by atoms with Gasteiger partial charge in [0.05, 0.1) is 19.7 Å². The lowest BCUT2D eigenvalue weighted by Gasteiger charge is -2.22. The van der Waals surface area contributed by atoms with Gasteiger partial charge in [0.15, 0.2) is 0 Å². The standard InChI is InChI=1S/C45H75N7O17/c1-3-30(41(63)46-26-29(2)54)52-43(65)31(22-25-40(61)62)48-38(58)27-47-42(64)34(28-53)51-37(57)24-21-33(45(68)69)50-36(56)23-20-32(44(66)67)49-35(55)18-16-14-12-10-8-6-4-5-7-9-11-13-15-17-19-39(59)60/h30-34,53H,3-28H2,1-2H3,(H,46,63)(H,47,64)(H,48,58)(H,49,55)(H,50,56)(H,51,57)(H,52,65)(H,59,60)(H,61,62)(H,66,67)(H,68,69)/t30?,31-,32?,33-,34-/m0/s1. The molecule has 5 atom stereocenters. The highest BCUT2D eigenvalue weighted by atomic mass is 16.4. The van der Waals surface area contributed by atoms with Crippen molar-refractivity contribution in [1.29, 1.82) is 0 Å². The first-order valence-electron chi connectivity index (χ1n) is 23.7. The Labute approximate surface area is 402 Å². The molecule has 0 aromatic rings. The predicted molar refractivity (Wildman–Crippen MR) is 246 cm³/mol. The molecule has 0 saturated carbocycles. The molecule has 0 aromatic heterocycles. The fraction of sp³-hybridized carbons (Fsp3) is 0.733. The minimum Gasteiger partial charge on any atom is -0.481 e. The second-order valence-corrected chi connectivity index (χ2v) is 16.8. The van der Waals surface area contributed by atoms with Crippen LogP contribution in [0.4, 0.5) is 0 Å². The Hall–Kier alpha value is -6.20. The summed E-state index contributed by atoms with van der Waals surface area (Å²) >= 11 is 0. The van der Waals surface area contributed by atoms with Gasteiger partial charge >= 0.3 is 23.9 Å². The number of carboxylic acids is 4. The number of amides is 7. The average Bonchev–Trinajstić information content (AvgIpc) is 3.28. The van der Waals surface area contributed by atoms with Crippen molar-refractivity contribution in [1.82, 2.24) is 37.2 Å². The molecule has 12 N–H and O–H groups in total. The van der Waals surface area contributed by atoms with Crippen LogP contribution in [0, 0.1) is 0 Å². The molecule has 69 heavy (non-hydrogen) atoms. The largest absolute Gasteiger partial charge is 0.481 e. The minimum atomic E-state index is -1.64. The second kappa shape index (κ2) is 37.7. The molecule has 0 bridgehead atoms. The number of aliphatic hydroxyl groups is 1. The van der Waals surface area contributed by atoms with E-state index in [1.54, 1.807) is 6.92 Å². The maximum atomic E-state index is 12.9. The number of aliphatic carboxylic acids is 4. The molecule has 0 heterocycles. The van der Waals surface area contributed by atoms with Gasteiger partial charge in [-0.15, -0.1) is 0 Å². The molecule has 7 amide bonds. The fourth-order valence-corrected chi connectivity index (χ4v) is 6.78. The van der Waals surface area contributed by atoms with Gasteiger partial charge in [-0.05, 0) is 45.4 Å². The van der Waals surface area contributed by atoms with Crippen molar-refractivity contribution < 1.29 is 83.1 Å². The maximum Gasteiger partial charge on any atom is 0.326 e. The van der Waals surface area contributed by atoms with E-state index in [2.05, 4.69) is 37.2 Å². The van der Waals surface area contributed by atoms with E-state index in [0.717, 1.165) is 70.6 Å². The number of carboxylic acid groups (broad SMARTS) is 4. The number of Topliss-reactive ketones (excluding diaryl/α,β-unsaturated/α-hetero) is 1. The Kier molecular flexibility index (Phi) is 34.4. The van der Waals surface area contributed by atoms with Crippen LogP contribution in [0.15, 0.2) is 0 Å². The molecular weight excluding hydrogens is 911 g/mol. The van der Waals surface area contributed by atoms with Crippen LogP contribution in [0.3, 0.4) is 0 Å². The summed E-state index contributed by atoms with van der Waals surface area (Å²) in [5, 5.41) is 62.6. The maximum absolute atomic E-state index is 12.9. The van der Waals surface area contributed by atoms with Gasteiger partial charge < -0.3 is 62.8 Å². The molecule has 0 aliphatic heterocycles. The second-order valence-electron chi connectivity index (χ2n) is 16.8. The van der Waals surface area contributed by atoms with Crippen LogP contribution in [-0.4, -0.2) is 146 Å². The number of aliphatic hydroxyl groups excluding tert-OH is 1. The zero-order chi connectivity index (χ0) is 52.1. The van der Waals surface area contributed by atoms with Crippen LogP contribution in [0.5, 0.6) is 0 Å². The first kappa shape index (κ1) is 62.8. The third kappa shape index (κ3) is 33.0. The van der Waals surface area contributed by atoms with E-state index in [4.69, 9.17) is 10.2 Å². The molecule has 24 nitrogen and oxygen atoms in total. The van der Waals surface area contributed by atoms with Crippen molar-refractivity contribution in [3.8, 4) is 0 Å². The van der Waals surface area contributed by atoms with Gasteiger partial charge in [0.1, 0.15) is 36.0 Å². The molecule has 2 unspecified atom stereocenters. The van der Waals surface area contributed by atoms with E-state index < -0.39 is 141 Å². The molecule has 0 aliphatic rings. The zero-order valence-electron chi connectivity index (χ0n) is 39.9.